The molecule has 0 aliphatic rings. The van der Waals surface area contributed by atoms with E-state index in [1.165, 1.54) is 4.57 Å². The zero-order valence-corrected chi connectivity index (χ0v) is 14.5. The SMILES string of the molecule is CN(C)C(CNC(=O)c1cn(C)c(=O)c2ccccc12)c1ccco1. The summed E-state index contributed by atoms with van der Waals surface area (Å²) in [6.07, 6.45) is 3.20. The van der Waals surface area contributed by atoms with Gasteiger partial charge in [0.25, 0.3) is 11.5 Å². The van der Waals surface area contributed by atoms with E-state index >= 15 is 0 Å². The van der Waals surface area contributed by atoms with Gasteiger partial charge in [-0.15, -0.1) is 0 Å². The summed E-state index contributed by atoms with van der Waals surface area (Å²) >= 11 is 0. The number of aromatic nitrogens is 1. The highest BCUT2D eigenvalue weighted by Crippen LogP contribution is 2.19. The number of pyridine rings is 1. The number of nitrogens with one attached hydrogen (secondary N) is 1. The zero-order valence-electron chi connectivity index (χ0n) is 14.5. The van der Waals surface area contributed by atoms with E-state index in [2.05, 4.69) is 5.32 Å². The number of carbonyl (C=O) groups is 1. The predicted octanol–water partition coefficient (Wildman–Crippen LogP) is 2.16. The maximum Gasteiger partial charge on any atom is 0.258 e. The fraction of sp³-hybridized carbons (Fsp3) is 0.263. The van der Waals surface area contributed by atoms with E-state index in [1.54, 1.807) is 37.7 Å². The van der Waals surface area contributed by atoms with Gasteiger partial charge in [-0.1, -0.05) is 18.2 Å². The standard InChI is InChI=1S/C19H21N3O3/c1-21(2)16(17-9-6-10-25-17)11-20-18(23)15-12-22(3)19(24)14-8-5-4-7-13(14)15/h4-10,12,16H,11H2,1-3H3,(H,20,23). The number of carbonyl (C=O) groups excluding carboxylic acids is 1. The maximum absolute atomic E-state index is 12.7. The van der Waals surface area contributed by atoms with E-state index < -0.39 is 0 Å². The molecule has 0 fully saturated rings. The fourth-order valence-corrected chi connectivity index (χ4v) is 2.90. The topological polar surface area (TPSA) is 67.5 Å². The molecule has 130 valence electrons. The minimum atomic E-state index is -0.217. The Bertz CT molecular complexity index is 942. The monoisotopic (exact) mass is 339 g/mol. The second-order valence-electron chi connectivity index (χ2n) is 6.21. The minimum Gasteiger partial charge on any atom is -0.468 e. The normalized spacial score (nSPS) is 12.5. The van der Waals surface area contributed by atoms with Crippen LogP contribution in [-0.2, 0) is 7.05 Å². The van der Waals surface area contributed by atoms with E-state index in [1.807, 2.05) is 37.2 Å². The Labute approximate surface area is 145 Å². The van der Waals surface area contributed by atoms with Crippen molar-refractivity contribution < 1.29 is 9.21 Å². The molecule has 0 spiro atoms. The van der Waals surface area contributed by atoms with E-state index in [9.17, 15) is 9.59 Å². The van der Waals surface area contributed by atoms with Crippen LogP contribution in [0.25, 0.3) is 10.8 Å². The lowest BCUT2D eigenvalue weighted by Gasteiger charge is -2.22. The van der Waals surface area contributed by atoms with Gasteiger partial charge < -0.3 is 14.3 Å². The summed E-state index contributed by atoms with van der Waals surface area (Å²) in [5.41, 5.74) is 0.364. The number of aryl methyl sites for hydroxylation is 1. The molecule has 1 unspecified atom stereocenters. The first kappa shape index (κ1) is 17.0. The van der Waals surface area contributed by atoms with Crippen LogP contribution in [0.15, 0.2) is 58.1 Å². The summed E-state index contributed by atoms with van der Waals surface area (Å²) in [5, 5.41) is 4.14. The Morgan fingerprint density at radius 1 is 1.20 bits per heavy atom. The average molecular weight is 339 g/mol. The van der Waals surface area contributed by atoms with Gasteiger partial charge in [-0.3, -0.25) is 14.5 Å². The third-order valence-electron chi connectivity index (χ3n) is 4.29. The molecule has 1 aromatic carbocycles. The summed E-state index contributed by atoms with van der Waals surface area (Å²) in [6.45, 7) is 0.399. The molecule has 2 aromatic heterocycles. The maximum atomic E-state index is 12.7. The molecule has 2 heterocycles. The van der Waals surface area contributed by atoms with Crippen molar-refractivity contribution in [3.05, 3.63) is 70.5 Å². The number of furan rings is 1. The van der Waals surface area contributed by atoms with Gasteiger partial charge in [0, 0.05) is 30.6 Å². The molecular formula is C19H21N3O3. The first-order chi connectivity index (χ1) is 12.0. The molecule has 6 heteroatoms. The van der Waals surface area contributed by atoms with E-state index in [0.29, 0.717) is 22.9 Å². The smallest absolute Gasteiger partial charge is 0.258 e. The van der Waals surface area contributed by atoms with Crippen LogP contribution in [0.2, 0.25) is 0 Å². The number of amides is 1. The van der Waals surface area contributed by atoms with Crippen LogP contribution in [0.5, 0.6) is 0 Å². The molecule has 1 N–H and O–H groups in total. The Morgan fingerprint density at radius 3 is 2.56 bits per heavy atom. The van der Waals surface area contributed by atoms with E-state index in [-0.39, 0.29) is 17.5 Å². The molecule has 0 aliphatic heterocycles. The van der Waals surface area contributed by atoms with E-state index in [0.717, 1.165) is 5.76 Å². The molecule has 1 amide bonds. The number of nitrogens with zero attached hydrogens (tertiary/aromatic N) is 2. The van der Waals surface area contributed by atoms with Crippen LogP contribution >= 0.6 is 0 Å². The number of rotatable bonds is 5. The van der Waals surface area contributed by atoms with Crippen LogP contribution in [0, 0.1) is 0 Å². The second-order valence-corrected chi connectivity index (χ2v) is 6.21. The van der Waals surface area contributed by atoms with Crippen molar-refractivity contribution in [2.45, 2.75) is 6.04 Å². The number of benzene rings is 1. The van der Waals surface area contributed by atoms with Crippen molar-refractivity contribution in [1.29, 1.82) is 0 Å². The number of hydrogen-bond donors (Lipinski definition) is 1. The molecule has 3 rings (SSSR count). The quantitative estimate of drug-likeness (QED) is 0.773. The highest BCUT2D eigenvalue weighted by atomic mass is 16.3. The summed E-state index contributed by atoms with van der Waals surface area (Å²) < 4.78 is 6.90. The fourth-order valence-electron chi connectivity index (χ4n) is 2.90. The third kappa shape index (κ3) is 3.34. The van der Waals surface area contributed by atoms with Crippen LogP contribution < -0.4 is 10.9 Å². The number of hydrogen-bond acceptors (Lipinski definition) is 4. The van der Waals surface area contributed by atoms with Crippen LogP contribution in [0.4, 0.5) is 0 Å². The molecular weight excluding hydrogens is 318 g/mol. The Hall–Kier alpha value is -2.86. The Balaban J connectivity index is 1.88. The Morgan fingerprint density at radius 2 is 1.92 bits per heavy atom. The van der Waals surface area contributed by atoms with Gasteiger partial charge in [0.2, 0.25) is 0 Å². The highest BCUT2D eigenvalue weighted by Gasteiger charge is 2.19. The second kappa shape index (κ2) is 6.94. The first-order valence-corrected chi connectivity index (χ1v) is 8.05. The van der Waals surface area contributed by atoms with Crippen LogP contribution in [0.3, 0.4) is 0 Å². The molecule has 1 atom stereocenters. The van der Waals surface area contributed by atoms with Gasteiger partial charge >= 0.3 is 0 Å². The lowest BCUT2D eigenvalue weighted by Crippen LogP contribution is -2.35. The van der Waals surface area contributed by atoms with Crippen molar-refractivity contribution in [2.75, 3.05) is 20.6 Å². The number of fused-ring (bicyclic) bond motifs is 1. The summed E-state index contributed by atoms with van der Waals surface area (Å²) in [7, 11) is 5.51. The first-order valence-electron chi connectivity index (χ1n) is 8.05. The van der Waals surface area contributed by atoms with Gasteiger partial charge in [0.1, 0.15) is 5.76 Å². The molecule has 25 heavy (non-hydrogen) atoms. The van der Waals surface area contributed by atoms with Crippen molar-refractivity contribution in [3.8, 4) is 0 Å². The summed E-state index contributed by atoms with van der Waals surface area (Å²) in [6, 6.07) is 10.8. The van der Waals surface area contributed by atoms with Crippen molar-refractivity contribution in [3.63, 3.8) is 0 Å². The van der Waals surface area contributed by atoms with Crippen LogP contribution in [0.1, 0.15) is 22.2 Å². The minimum absolute atomic E-state index is 0.0715. The van der Waals surface area contributed by atoms with Gasteiger partial charge in [-0.2, -0.15) is 0 Å². The van der Waals surface area contributed by atoms with Gasteiger partial charge in [0.05, 0.1) is 17.9 Å². The van der Waals surface area contributed by atoms with Gasteiger partial charge in [-0.05, 0) is 32.3 Å². The van der Waals surface area contributed by atoms with Crippen LogP contribution in [-0.4, -0.2) is 36.0 Å². The van der Waals surface area contributed by atoms with Gasteiger partial charge in [-0.25, -0.2) is 0 Å². The summed E-state index contributed by atoms with van der Waals surface area (Å²) in [5.74, 6) is 0.570. The van der Waals surface area contributed by atoms with E-state index in [4.69, 9.17) is 4.42 Å². The molecule has 3 aromatic rings. The van der Waals surface area contributed by atoms with Crippen molar-refractivity contribution in [2.24, 2.45) is 7.05 Å². The largest absolute Gasteiger partial charge is 0.468 e. The third-order valence-corrected chi connectivity index (χ3v) is 4.29. The molecule has 0 saturated carbocycles. The Kier molecular flexibility index (Phi) is 4.72. The van der Waals surface area contributed by atoms with Crippen molar-refractivity contribution in [1.82, 2.24) is 14.8 Å². The molecule has 6 nitrogen and oxygen atoms in total. The molecule has 0 aliphatic carbocycles. The van der Waals surface area contributed by atoms with Gasteiger partial charge in [0.15, 0.2) is 0 Å². The zero-order chi connectivity index (χ0) is 18.0. The lowest BCUT2D eigenvalue weighted by molar-refractivity contribution is 0.0940. The molecule has 0 radical (unpaired) electrons. The predicted molar refractivity (Wildman–Crippen MR) is 96.7 cm³/mol. The molecule has 0 bridgehead atoms. The molecule has 0 saturated heterocycles. The summed E-state index contributed by atoms with van der Waals surface area (Å²) in [4.78, 5) is 27.0. The highest BCUT2D eigenvalue weighted by molar-refractivity contribution is 6.06. The average Bonchev–Trinajstić information content (AvgIpc) is 3.12. The lowest BCUT2D eigenvalue weighted by atomic mass is 10.1. The number of likely N-dealkylation sites (N-methyl/N-ethyl adjacent to an activating group) is 1. The van der Waals surface area contributed by atoms with Crippen molar-refractivity contribution >= 4 is 16.7 Å².